The lowest BCUT2D eigenvalue weighted by Crippen LogP contribution is -2.29. The molecule has 0 saturated carbocycles. The molecule has 0 bridgehead atoms. The molecule has 1 atom stereocenters. The molecule has 2 rings (SSSR count). The lowest BCUT2D eigenvalue weighted by molar-refractivity contribution is -0.0248. The highest BCUT2D eigenvalue weighted by Gasteiger charge is 2.37. The zero-order chi connectivity index (χ0) is 11.7. The molecule has 0 saturated heterocycles. The monoisotopic (exact) mass is 211 g/mol. The molecule has 1 spiro atoms. The van der Waals surface area contributed by atoms with Crippen LogP contribution in [-0.4, -0.2) is 11.3 Å². The van der Waals surface area contributed by atoms with Crippen LogP contribution in [0.2, 0.25) is 0 Å². The third-order valence-corrected chi connectivity index (χ3v) is 2.40. The number of oxime groups is 1. The van der Waals surface area contributed by atoms with Crippen molar-refractivity contribution in [1.29, 1.82) is 0 Å². The fourth-order valence-electron chi connectivity index (χ4n) is 1.81. The fourth-order valence-corrected chi connectivity index (χ4v) is 1.81. The first-order valence-electron chi connectivity index (χ1n) is 6.17. The summed E-state index contributed by atoms with van der Waals surface area (Å²) >= 11 is 0. The van der Waals surface area contributed by atoms with E-state index < -0.39 is 0 Å². The highest BCUT2D eigenvalue weighted by atomic mass is 16.7. The Morgan fingerprint density at radius 3 is 2.27 bits per heavy atom. The second kappa shape index (κ2) is 7.49. The van der Waals surface area contributed by atoms with Crippen LogP contribution in [0.1, 0.15) is 60.3 Å². The van der Waals surface area contributed by atoms with Gasteiger partial charge in [0.1, 0.15) is 5.60 Å². The molecule has 2 nitrogen and oxygen atoms in total. The number of allylic oxidation sites excluding steroid dienone is 1. The Bertz CT molecular complexity index is 221. The van der Waals surface area contributed by atoms with Crippen LogP contribution in [0.5, 0.6) is 0 Å². The third kappa shape index (κ3) is 4.06. The van der Waals surface area contributed by atoms with Crippen molar-refractivity contribution in [3.63, 3.8) is 0 Å². The van der Waals surface area contributed by atoms with Crippen LogP contribution < -0.4 is 0 Å². The summed E-state index contributed by atoms with van der Waals surface area (Å²) < 4.78 is 0. The molecule has 2 heteroatoms. The van der Waals surface area contributed by atoms with Crippen LogP contribution in [-0.2, 0) is 4.84 Å². The zero-order valence-electron chi connectivity index (χ0n) is 10.8. The summed E-state index contributed by atoms with van der Waals surface area (Å²) in [5, 5.41) is 4.00. The van der Waals surface area contributed by atoms with Crippen LogP contribution in [0, 0.1) is 0 Å². The van der Waals surface area contributed by atoms with Crippen LogP contribution in [0.3, 0.4) is 0 Å². The summed E-state index contributed by atoms with van der Waals surface area (Å²) in [6.07, 6.45) is 8.76. The average molecular weight is 211 g/mol. The van der Waals surface area contributed by atoms with Gasteiger partial charge in [-0.2, -0.15) is 0 Å². The second-order valence-corrected chi connectivity index (χ2v) is 3.49. The van der Waals surface area contributed by atoms with Crippen LogP contribution >= 0.6 is 0 Å². The van der Waals surface area contributed by atoms with Gasteiger partial charge in [-0.15, -0.1) is 0 Å². The van der Waals surface area contributed by atoms with Crippen LogP contribution in [0.15, 0.2) is 17.3 Å². The molecular weight excluding hydrogens is 186 g/mol. The molecule has 1 aliphatic carbocycles. The van der Waals surface area contributed by atoms with E-state index in [-0.39, 0.29) is 5.60 Å². The van der Waals surface area contributed by atoms with Crippen molar-refractivity contribution in [1.82, 2.24) is 0 Å². The van der Waals surface area contributed by atoms with Crippen molar-refractivity contribution in [2.75, 3.05) is 0 Å². The number of hydrogen-bond acceptors (Lipinski definition) is 2. The van der Waals surface area contributed by atoms with Gasteiger partial charge >= 0.3 is 0 Å². The van der Waals surface area contributed by atoms with Crippen LogP contribution in [0.4, 0.5) is 0 Å². The van der Waals surface area contributed by atoms with E-state index in [0.717, 1.165) is 31.4 Å². The Balaban J connectivity index is 0.000000442. The van der Waals surface area contributed by atoms with E-state index in [1.165, 1.54) is 0 Å². The first kappa shape index (κ1) is 14.2. The number of rotatable bonds is 0. The maximum Gasteiger partial charge on any atom is 0.146 e. The predicted octanol–water partition coefficient (Wildman–Crippen LogP) is 4.31. The summed E-state index contributed by atoms with van der Waals surface area (Å²) in [4.78, 5) is 5.43. The molecule has 0 amide bonds. The summed E-state index contributed by atoms with van der Waals surface area (Å²) in [6, 6.07) is 0. The molecule has 88 valence electrons. The number of hydrogen-bond donors (Lipinski definition) is 0. The van der Waals surface area contributed by atoms with E-state index >= 15 is 0 Å². The van der Waals surface area contributed by atoms with Gasteiger partial charge in [0.25, 0.3) is 0 Å². The molecule has 0 aromatic carbocycles. The quantitative estimate of drug-likeness (QED) is 0.547. The summed E-state index contributed by atoms with van der Waals surface area (Å²) in [7, 11) is 0. The molecule has 0 aromatic heterocycles. The lowest BCUT2D eigenvalue weighted by Gasteiger charge is -2.27. The molecule has 1 unspecified atom stereocenters. The smallest absolute Gasteiger partial charge is 0.146 e. The number of nitrogens with zero attached hydrogens (tertiary/aromatic N) is 1. The van der Waals surface area contributed by atoms with E-state index in [9.17, 15) is 0 Å². The Morgan fingerprint density at radius 1 is 1.20 bits per heavy atom. The molecule has 0 radical (unpaired) electrons. The Labute approximate surface area is 94.4 Å². The summed E-state index contributed by atoms with van der Waals surface area (Å²) in [5.41, 5.74) is 1.19. The largest absolute Gasteiger partial charge is 0.389 e. The highest BCUT2D eigenvalue weighted by molar-refractivity contribution is 5.83. The van der Waals surface area contributed by atoms with E-state index in [1.54, 1.807) is 0 Å². The second-order valence-electron chi connectivity index (χ2n) is 3.49. The molecule has 0 aromatic rings. The third-order valence-electron chi connectivity index (χ3n) is 2.40. The standard InChI is InChI=1S/C9H13NO.2C2H6/c1-8-7-9(11-10-8)5-3-2-4-6-9;2*1-2/h2-3H,4-7H2,1H3;2*1-2H3. The van der Waals surface area contributed by atoms with E-state index in [2.05, 4.69) is 17.3 Å². The van der Waals surface area contributed by atoms with E-state index in [0.29, 0.717) is 0 Å². The van der Waals surface area contributed by atoms with Gasteiger partial charge in [-0.1, -0.05) is 45.0 Å². The van der Waals surface area contributed by atoms with Crippen molar-refractivity contribution in [3.8, 4) is 0 Å². The highest BCUT2D eigenvalue weighted by Crippen LogP contribution is 2.35. The Morgan fingerprint density at radius 2 is 1.87 bits per heavy atom. The van der Waals surface area contributed by atoms with Gasteiger partial charge in [0, 0.05) is 12.8 Å². The van der Waals surface area contributed by atoms with E-state index in [1.807, 2.05) is 34.6 Å². The minimum Gasteiger partial charge on any atom is -0.389 e. The minimum absolute atomic E-state index is 0.0544. The Hall–Kier alpha value is -0.790. The van der Waals surface area contributed by atoms with Gasteiger partial charge in [-0.25, -0.2) is 0 Å². The normalized spacial score (nSPS) is 26.9. The van der Waals surface area contributed by atoms with Crippen LogP contribution in [0.25, 0.3) is 0 Å². The molecular formula is C13H25NO. The predicted molar refractivity (Wildman–Crippen MR) is 67.2 cm³/mol. The first-order chi connectivity index (χ1) is 7.31. The van der Waals surface area contributed by atoms with Gasteiger partial charge < -0.3 is 4.84 Å². The van der Waals surface area contributed by atoms with Crippen molar-refractivity contribution in [2.24, 2.45) is 5.16 Å². The fraction of sp³-hybridized carbons (Fsp3) is 0.769. The molecule has 0 fully saturated rings. The maximum absolute atomic E-state index is 5.43. The topological polar surface area (TPSA) is 21.6 Å². The lowest BCUT2D eigenvalue weighted by atomic mass is 9.86. The average Bonchev–Trinajstić information content (AvgIpc) is 2.66. The SMILES string of the molecule is CC.CC.CC1=NOC2(CC=CCC2)C1. The summed E-state index contributed by atoms with van der Waals surface area (Å²) in [6.45, 7) is 10.0. The van der Waals surface area contributed by atoms with Gasteiger partial charge in [0.15, 0.2) is 0 Å². The van der Waals surface area contributed by atoms with Gasteiger partial charge in [-0.05, 0) is 19.8 Å². The molecule has 0 N–H and O–H groups in total. The van der Waals surface area contributed by atoms with Gasteiger partial charge in [-0.3, -0.25) is 0 Å². The van der Waals surface area contributed by atoms with Gasteiger partial charge in [0.05, 0.1) is 5.71 Å². The van der Waals surface area contributed by atoms with Crippen molar-refractivity contribution in [2.45, 2.75) is 65.9 Å². The van der Waals surface area contributed by atoms with E-state index in [4.69, 9.17) is 4.84 Å². The summed E-state index contributed by atoms with van der Waals surface area (Å²) in [5.74, 6) is 0. The first-order valence-corrected chi connectivity index (χ1v) is 6.17. The Kier molecular flexibility index (Phi) is 7.10. The maximum atomic E-state index is 5.43. The van der Waals surface area contributed by atoms with Crippen molar-refractivity contribution < 1.29 is 4.84 Å². The van der Waals surface area contributed by atoms with Crippen molar-refractivity contribution >= 4 is 5.71 Å². The molecule has 1 aliphatic heterocycles. The molecule has 1 heterocycles. The molecule has 15 heavy (non-hydrogen) atoms. The minimum atomic E-state index is 0.0544. The van der Waals surface area contributed by atoms with Gasteiger partial charge in [0.2, 0.25) is 0 Å². The zero-order valence-corrected chi connectivity index (χ0v) is 10.8. The van der Waals surface area contributed by atoms with Crippen molar-refractivity contribution in [3.05, 3.63) is 12.2 Å². The molecule has 2 aliphatic rings.